The molecule has 0 saturated heterocycles. The number of halogens is 1. The van der Waals surface area contributed by atoms with Gasteiger partial charge in [0.2, 0.25) is 5.89 Å². The Morgan fingerprint density at radius 2 is 1.90 bits per heavy atom. The average Bonchev–Trinajstić information content (AvgIpc) is 3.21. The molecule has 0 spiro atoms. The molecular formula is C20H27BrN4O5. The van der Waals surface area contributed by atoms with Crippen molar-refractivity contribution in [2.24, 2.45) is 0 Å². The van der Waals surface area contributed by atoms with Crippen LogP contribution < -0.4 is 10.6 Å². The van der Waals surface area contributed by atoms with Crippen LogP contribution in [0.3, 0.4) is 0 Å². The number of aromatic nitrogens is 1. The fourth-order valence-corrected chi connectivity index (χ4v) is 2.95. The first kappa shape index (κ1) is 23.8. The molecule has 2 rings (SSSR count). The minimum Gasteiger partial charge on any atom is -0.446 e. The van der Waals surface area contributed by atoms with Gasteiger partial charge in [0.05, 0.1) is 12.2 Å². The molecule has 0 atom stereocenters. The van der Waals surface area contributed by atoms with Crippen LogP contribution in [0.15, 0.2) is 39.4 Å². The van der Waals surface area contributed by atoms with Gasteiger partial charge in [-0.1, -0.05) is 12.1 Å². The Kier molecular flexibility index (Phi) is 10.3. The highest BCUT2D eigenvalue weighted by Gasteiger charge is 2.19. The molecule has 3 amide bonds. The lowest BCUT2D eigenvalue weighted by atomic mass is 10.3. The van der Waals surface area contributed by atoms with Crippen LogP contribution in [0.25, 0.3) is 0 Å². The van der Waals surface area contributed by atoms with Crippen molar-refractivity contribution in [3.05, 3.63) is 46.6 Å². The number of anilines is 1. The third-order valence-electron chi connectivity index (χ3n) is 4.10. The SMILES string of the molecule is COCCCNC(=O)c1coc(CN(CCCOC)C(=O)Nc2ccccc2Br)n1. The number of hydrogen-bond acceptors (Lipinski definition) is 6. The Morgan fingerprint density at radius 3 is 2.63 bits per heavy atom. The van der Waals surface area contributed by atoms with Gasteiger partial charge >= 0.3 is 6.03 Å². The van der Waals surface area contributed by atoms with Crippen LogP contribution in [-0.2, 0) is 16.0 Å². The van der Waals surface area contributed by atoms with Crippen LogP contribution in [-0.4, -0.2) is 62.3 Å². The van der Waals surface area contributed by atoms with Gasteiger partial charge in [0, 0.05) is 45.0 Å². The lowest BCUT2D eigenvalue weighted by Gasteiger charge is -2.22. The van der Waals surface area contributed by atoms with Crippen LogP contribution in [0.1, 0.15) is 29.2 Å². The smallest absolute Gasteiger partial charge is 0.322 e. The van der Waals surface area contributed by atoms with Crippen LogP contribution in [0.5, 0.6) is 0 Å². The van der Waals surface area contributed by atoms with Crippen molar-refractivity contribution in [3.63, 3.8) is 0 Å². The van der Waals surface area contributed by atoms with Gasteiger partial charge in [-0.2, -0.15) is 0 Å². The van der Waals surface area contributed by atoms with E-state index in [2.05, 4.69) is 31.5 Å². The number of nitrogens with one attached hydrogen (secondary N) is 2. The van der Waals surface area contributed by atoms with Gasteiger partial charge in [-0.15, -0.1) is 0 Å². The molecule has 0 unspecified atom stereocenters. The Bertz CT molecular complexity index is 814. The van der Waals surface area contributed by atoms with Crippen molar-refractivity contribution in [2.45, 2.75) is 19.4 Å². The van der Waals surface area contributed by atoms with E-state index in [0.717, 1.165) is 4.47 Å². The van der Waals surface area contributed by atoms with E-state index < -0.39 is 0 Å². The van der Waals surface area contributed by atoms with Gasteiger partial charge in [0.25, 0.3) is 5.91 Å². The Morgan fingerprint density at radius 1 is 1.17 bits per heavy atom. The van der Waals surface area contributed by atoms with Gasteiger partial charge in [0.15, 0.2) is 5.69 Å². The molecule has 2 aromatic rings. The molecule has 10 heteroatoms. The van der Waals surface area contributed by atoms with E-state index in [4.69, 9.17) is 13.9 Å². The number of carbonyl (C=O) groups is 2. The number of amides is 3. The molecule has 1 aromatic carbocycles. The van der Waals surface area contributed by atoms with Crippen molar-refractivity contribution in [1.82, 2.24) is 15.2 Å². The largest absolute Gasteiger partial charge is 0.446 e. The summed E-state index contributed by atoms with van der Waals surface area (Å²) in [7, 11) is 3.22. The molecule has 0 saturated carbocycles. The monoisotopic (exact) mass is 482 g/mol. The molecule has 0 radical (unpaired) electrons. The van der Waals surface area contributed by atoms with Gasteiger partial charge in [-0.3, -0.25) is 4.79 Å². The number of oxazole rings is 1. The van der Waals surface area contributed by atoms with Crippen molar-refractivity contribution in [1.29, 1.82) is 0 Å². The van der Waals surface area contributed by atoms with Gasteiger partial charge in [0.1, 0.15) is 6.26 Å². The summed E-state index contributed by atoms with van der Waals surface area (Å²) < 4.78 is 16.2. The molecule has 164 valence electrons. The third kappa shape index (κ3) is 7.77. The minimum atomic E-state index is -0.329. The topological polar surface area (TPSA) is 106 Å². The van der Waals surface area contributed by atoms with Crippen LogP contribution in [0, 0.1) is 0 Å². The van der Waals surface area contributed by atoms with Gasteiger partial charge in [-0.05, 0) is 40.9 Å². The molecule has 1 aromatic heterocycles. The molecule has 9 nitrogen and oxygen atoms in total. The van der Waals surface area contributed by atoms with E-state index in [1.807, 2.05) is 18.2 Å². The number of nitrogens with zero attached hydrogens (tertiary/aromatic N) is 2. The first-order valence-electron chi connectivity index (χ1n) is 9.56. The lowest BCUT2D eigenvalue weighted by molar-refractivity contribution is 0.0943. The number of para-hydroxylation sites is 1. The fraction of sp³-hybridized carbons (Fsp3) is 0.450. The summed E-state index contributed by atoms with van der Waals surface area (Å²) in [6.07, 6.45) is 2.64. The van der Waals surface area contributed by atoms with E-state index in [1.54, 1.807) is 25.2 Å². The van der Waals surface area contributed by atoms with Crippen LogP contribution >= 0.6 is 15.9 Å². The molecule has 0 fully saturated rings. The summed E-state index contributed by atoms with van der Waals surface area (Å²) in [6.45, 7) is 2.11. The van der Waals surface area contributed by atoms with E-state index in [0.29, 0.717) is 44.8 Å². The second kappa shape index (κ2) is 13.0. The second-order valence-corrected chi connectivity index (χ2v) is 7.26. The maximum absolute atomic E-state index is 12.8. The molecule has 0 bridgehead atoms. The molecule has 1 heterocycles. The Balaban J connectivity index is 2.00. The average molecular weight is 483 g/mol. The highest BCUT2D eigenvalue weighted by Crippen LogP contribution is 2.22. The molecular weight excluding hydrogens is 456 g/mol. The molecule has 2 N–H and O–H groups in total. The summed E-state index contributed by atoms with van der Waals surface area (Å²) in [4.78, 5) is 30.7. The summed E-state index contributed by atoms with van der Waals surface area (Å²) in [5, 5.41) is 5.61. The summed E-state index contributed by atoms with van der Waals surface area (Å²) >= 11 is 3.42. The van der Waals surface area contributed by atoms with E-state index in [-0.39, 0.29) is 30.1 Å². The molecule has 0 aliphatic heterocycles. The molecule has 30 heavy (non-hydrogen) atoms. The summed E-state index contributed by atoms with van der Waals surface area (Å²) in [5.74, 6) is -0.0542. The zero-order valence-electron chi connectivity index (χ0n) is 17.2. The number of ether oxygens (including phenoxy) is 2. The Labute approximate surface area is 184 Å². The van der Waals surface area contributed by atoms with Crippen molar-refractivity contribution < 1.29 is 23.5 Å². The van der Waals surface area contributed by atoms with Crippen molar-refractivity contribution in [3.8, 4) is 0 Å². The quantitative estimate of drug-likeness (QED) is 0.449. The number of rotatable bonds is 12. The van der Waals surface area contributed by atoms with Gasteiger partial charge in [-0.25, -0.2) is 9.78 Å². The van der Waals surface area contributed by atoms with Crippen LogP contribution in [0.4, 0.5) is 10.5 Å². The lowest BCUT2D eigenvalue weighted by Crippen LogP contribution is -2.36. The second-order valence-electron chi connectivity index (χ2n) is 6.41. The molecule has 0 aliphatic carbocycles. The highest BCUT2D eigenvalue weighted by molar-refractivity contribution is 9.10. The molecule has 0 aliphatic rings. The number of urea groups is 1. The number of carbonyl (C=O) groups excluding carboxylic acids is 2. The normalized spacial score (nSPS) is 10.6. The third-order valence-corrected chi connectivity index (χ3v) is 4.79. The van der Waals surface area contributed by atoms with E-state index in [9.17, 15) is 9.59 Å². The maximum atomic E-state index is 12.8. The first-order valence-corrected chi connectivity index (χ1v) is 10.4. The standard InChI is InChI=1S/C20H27BrN4O5/c1-28-11-5-9-22-19(26)17-14-30-18(23-17)13-25(10-6-12-29-2)20(27)24-16-8-4-3-7-15(16)21/h3-4,7-8,14H,5-6,9-13H2,1-2H3,(H,22,26)(H,24,27). The van der Waals surface area contributed by atoms with E-state index in [1.165, 1.54) is 6.26 Å². The fourth-order valence-electron chi connectivity index (χ4n) is 2.57. The zero-order chi connectivity index (χ0) is 21.8. The van der Waals surface area contributed by atoms with Crippen molar-refractivity contribution >= 4 is 33.6 Å². The van der Waals surface area contributed by atoms with E-state index >= 15 is 0 Å². The first-order chi connectivity index (χ1) is 14.5. The number of methoxy groups -OCH3 is 2. The Hall–Kier alpha value is -2.43. The number of benzene rings is 1. The zero-order valence-corrected chi connectivity index (χ0v) is 18.7. The summed E-state index contributed by atoms with van der Waals surface area (Å²) in [6, 6.07) is 7.04. The predicted molar refractivity (Wildman–Crippen MR) is 115 cm³/mol. The maximum Gasteiger partial charge on any atom is 0.322 e. The van der Waals surface area contributed by atoms with Gasteiger partial charge < -0.3 is 29.4 Å². The van der Waals surface area contributed by atoms with Crippen molar-refractivity contribution in [2.75, 3.05) is 45.8 Å². The highest BCUT2D eigenvalue weighted by atomic mass is 79.9. The number of hydrogen-bond donors (Lipinski definition) is 2. The summed E-state index contributed by atoms with van der Waals surface area (Å²) in [5.41, 5.74) is 0.827. The van der Waals surface area contributed by atoms with Crippen LogP contribution in [0.2, 0.25) is 0 Å². The minimum absolute atomic E-state index is 0.122. The predicted octanol–water partition coefficient (Wildman–Crippen LogP) is 3.27.